The summed E-state index contributed by atoms with van der Waals surface area (Å²) in [4.78, 5) is 2.47. The van der Waals surface area contributed by atoms with E-state index in [1.54, 1.807) is 0 Å². The van der Waals surface area contributed by atoms with Crippen molar-refractivity contribution in [2.45, 2.75) is 38.8 Å². The third kappa shape index (κ3) is 2.41. The molecule has 0 heterocycles. The zero-order valence-corrected chi connectivity index (χ0v) is 11.5. The Balaban J connectivity index is 2.25. The highest BCUT2D eigenvalue weighted by molar-refractivity contribution is 9.10. The zero-order valence-electron chi connectivity index (χ0n) is 9.91. The minimum Gasteiger partial charge on any atom is -0.369 e. The molecule has 0 aliphatic heterocycles. The fraction of sp³-hybridized carbons (Fsp3) is 0.538. The van der Waals surface area contributed by atoms with E-state index in [0.29, 0.717) is 0 Å². The van der Waals surface area contributed by atoms with Crippen LogP contribution >= 0.6 is 15.9 Å². The molecule has 2 rings (SSSR count). The molecule has 1 saturated carbocycles. The molecule has 0 amide bonds. The predicted octanol–water partition coefficient (Wildman–Crippen LogP) is 3.46. The van der Waals surface area contributed by atoms with Crippen LogP contribution < -0.4 is 10.6 Å². The normalized spacial score (nSPS) is 17.2. The Bertz CT molecular complexity index is 372. The van der Waals surface area contributed by atoms with Crippen LogP contribution in [0.4, 0.5) is 5.69 Å². The van der Waals surface area contributed by atoms with E-state index in [-0.39, 0.29) is 6.04 Å². The van der Waals surface area contributed by atoms with Crippen LogP contribution in [0.3, 0.4) is 0 Å². The smallest absolute Gasteiger partial charge is 0.0380 e. The van der Waals surface area contributed by atoms with Crippen LogP contribution in [0.15, 0.2) is 22.7 Å². The molecule has 0 unspecified atom stereocenters. The molecule has 0 radical (unpaired) electrons. The van der Waals surface area contributed by atoms with Gasteiger partial charge >= 0.3 is 0 Å². The van der Waals surface area contributed by atoms with Gasteiger partial charge in [-0.25, -0.2) is 0 Å². The molecule has 16 heavy (non-hydrogen) atoms. The number of hydrogen-bond donors (Lipinski definition) is 1. The van der Waals surface area contributed by atoms with Gasteiger partial charge in [0, 0.05) is 28.8 Å². The highest BCUT2D eigenvalue weighted by atomic mass is 79.9. The van der Waals surface area contributed by atoms with Gasteiger partial charge in [0.15, 0.2) is 0 Å². The van der Waals surface area contributed by atoms with E-state index in [1.807, 2.05) is 6.92 Å². The molecule has 1 atom stereocenters. The minimum absolute atomic E-state index is 0.0828. The molecule has 1 aliphatic carbocycles. The van der Waals surface area contributed by atoms with Crippen molar-refractivity contribution in [1.29, 1.82) is 0 Å². The number of halogens is 1. The molecule has 1 aromatic rings. The van der Waals surface area contributed by atoms with Gasteiger partial charge in [0.05, 0.1) is 0 Å². The summed E-state index contributed by atoms with van der Waals surface area (Å²) in [6.45, 7) is 5.30. The summed E-state index contributed by atoms with van der Waals surface area (Å²) in [6, 6.07) is 7.36. The fourth-order valence-corrected chi connectivity index (χ4v) is 2.83. The third-order valence-corrected chi connectivity index (χ3v) is 3.82. The predicted molar refractivity (Wildman–Crippen MR) is 72.8 cm³/mol. The lowest BCUT2D eigenvalue weighted by molar-refractivity contribution is 0.804. The standard InChI is InChI=1S/C13H19BrN2/c1-3-16(10-4-5-10)11-6-7-12(9(2)15)13(14)8-11/h6-10H,3-5,15H2,1-2H3/t9-/m0/s1. The van der Waals surface area contributed by atoms with E-state index >= 15 is 0 Å². The molecule has 0 bridgehead atoms. The van der Waals surface area contributed by atoms with Crippen LogP contribution in [-0.4, -0.2) is 12.6 Å². The van der Waals surface area contributed by atoms with Crippen molar-refractivity contribution in [3.8, 4) is 0 Å². The van der Waals surface area contributed by atoms with Crippen LogP contribution in [-0.2, 0) is 0 Å². The number of anilines is 1. The van der Waals surface area contributed by atoms with Crippen LogP contribution in [0.1, 0.15) is 38.3 Å². The van der Waals surface area contributed by atoms with Crippen molar-refractivity contribution in [3.05, 3.63) is 28.2 Å². The fourth-order valence-electron chi connectivity index (χ4n) is 2.10. The summed E-state index contributed by atoms with van der Waals surface area (Å²) in [5.41, 5.74) is 8.38. The molecule has 1 fully saturated rings. The Morgan fingerprint density at radius 3 is 2.62 bits per heavy atom. The van der Waals surface area contributed by atoms with Gasteiger partial charge in [0.1, 0.15) is 0 Å². The van der Waals surface area contributed by atoms with Crippen molar-refractivity contribution in [1.82, 2.24) is 0 Å². The van der Waals surface area contributed by atoms with Crippen molar-refractivity contribution in [2.24, 2.45) is 5.73 Å². The summed E-state index contributed by atoms with van der Waals surface area (Å²) < 4.78 is 1.12. The SMILES string of the molecule is CCN(c1ccc([C@H](C)N)c(Br)c1)C1CC1. The second-order valence-electron chi connectivity index (χ2n) is 4.51. The van der Waals surface area contributed by atoms with Gasteiger partial charge in [0.25, 0.3) is 0 Å². The van der Waals surface area contributed by atoms with E-state index in [4.69, 9.17) is 5.73 Å². The van der Waals surface area contributed by atoms with Gasteiger partial charge < -0.3 is 10.6 Å². The first-order valence-corrected chi connectivity index (χ1v) is 6.74. The molecular weight excluding hydrogens is 264 g/mol. The Morgan fingerprint density at radius 2 is 2.19 bits per heavy atom. The monoisotopic (exact) mass is 282 g/mol. The molecule has 0 saturated heterocycles. The number of nitrogens with two attached hydrogens (primary N) is 1. The molecule has 0 spiro atoms. The average molecular weight is 283 g/mol. The number of benzene rings is 1. The average Bonchev–Trinajstić information content (AvgIpc) is 3.02. The molecule has 1 aliphatic rings. The van der Waals surface area contributed by atoms with Gasteiger partial charge in [-0.05, 0) is 44.4 Å². The first kappa shape index (κ1) is 11.9. The van der Waals surface area contributed by atoms with Crippen LogP contribution in [0.5, 0.6) is 0 Å². The highest BCUT2D eigenvalue weighted by Crippen LogP contribution is 2.34. The maximum atomic E-state index is 5.90. The van der Waals surface area contributed by atoms with Crippen LogP contribution in [0, 0.1) is 0 Å². The third-order valence-electron chi connectivity index (χ3n) is 3.13. The maximum Gasteiger partial charge on any atom is 0.0380 e. The highest BCUT2D eigenvalue weighted by Gasteiger charge is 2.28. The molecular formula is C13H19BrN2. The molecule has 3 heteroatoms. The Kier molecular flexibility index (Phi) is 3.55. The lowest BCUT2D eigenvalue weighted by Crippen LogP contribution is -2.25. The molecule has 0 aromatic heterocycles. The first-order valence-electron chi connectivity index (χ1n) is 5.95. The largest absolute Gasteiger partial charge is 0.369 e. The molecule has 2 N–H and O–H groups in total. The Morgan fingerprint density at radius 1 is 1.50 bits per heavy atom. The van der Waals surface area contributed by atoms with E-state index in [9.17, 15) is 0 Å². The first-order chi connectivity index (χ1) is 7.63. The Labute approximate surface area is 106 Å². The van der Waals surface area contributed by atoms with Crippen molar-refractivity contribution in [3.63, 3.8) is 0 Å². The lowest BCUT2D eigenvalue weighted by atomic mass is 10.1. The summed E-state index contributed by atoms with van der Waals surface area (Å²) in [7, 11) is 0. The van der Waals surface area contributed by atoms with Gasteiger partial charge in [0.2, 0.25) is 0 Å². The summed E-state index contributed by atoms with van der Waals surface area (Å²) in [6.07, 6.45) is 2.67. The lowest BCUT2D eigenvalue weighted by Gasteiger charge is -2.24. The van der Waals surface area contributed by atoms with Crippen LogP contribution in [0.2, 0.25) is 0 Å². The second-order valence-corrected chi connectivity index (χ2v) is 5.37. The van der Waals surface area contributed by atoms with E-state index in [0.717, 1.165) is 17.1 Å². The zero-order chi connectivity index (χ0) is 11.7. The van der Waals surface area contributed by atoms with Gasteiger partial charge in [-0.1, -0.05) is 22.0 Å². The van der Waals surface area contributed by atoms with E-state index in [1.165, 1.54) is 24.1 Å². The summed E-state index contributed by atoms with van der Waals surface area (Å²) >= 11 is 3.61. The van der Waals surface area contributed by atoms with Crippen molar-refractivity contribution < 1.29 is 0 Å². The van der Waals surface area contributed by atoms with Crippen molar-refractivity contribution >= 4 is 21.6 Å². The Hall–Kier alpha value is -0.540. The minimum atomic E-state index is 0.0828. The van der Waals surface area contributed by atoms with Gasteiger partial charge in [-0.2, -0.15) is 0 Å². The molecule has 1 aromatic carbocycles. The quantitative estimate of drug-likeness (QED) is 0.917. The molecule has 2 nitrogen and oxygen atoms in total. The van der Waals surface area contributed by atoms with Gasteiger partial charge in [-0.15, -0.1) is 0 Å². The number of hydrogen-bond acceptors (Lipinski definition) is 2. The van der Waals surface area contributed by atoms with Crippen molar-refractivity contribution in [2.75, 3.05) is 11.4 Å². The van der Waals surface area contributed by atoms with Crippen LogP contribution in [0.25, 0.3) is 0 Å². The number of nitrogens with zero attached hydrogens (tertiary/aromatic N) is 1. The second kappa shape index (κ2) is 4.76. The number of rotatable bonds is 4. The van der Waals surface area contributed by atoms with Gasteiger partial charge in [-0.3, -0.25) is 0 Å². The summed E-state index contributed by atoms with van der Waals surface area (Å²) in [5, 5.41) is 0. The van der Waals surface area contributed by atoms with E-state index < -0.39 is 0 Å². The molecule has 88 valence electrons. The summed E-state index contributed by atoms with van der Waals surface area (Å²) in [5.74, 6) is 0. The van der Waals surface area contributed by atoms with E-state index in [2.05, 4.69) is 46.0 Å². The maximum absolute atomic E-state index is 5.90. The topological polar surface area (TPSA) is 29.3 Å².